The minimum atomic E-state index is -1.00. The number of carboxylic acid groups (broad SMARTS) is 1. The lowest BCUT2D eigenvalue weighted by molar-refractivity contribution is 0.00569. The molecule has 0 spiro atoms. The third-order valence-corrected chi connectivity index (χ3v) is 9.26. The maximum atomic E-state index is 12.5. The molecule has 3 amide bonds. The minimum absolute atomic E-state index is 0.102. The summed E-state index contributed by atoms with van der Waals surface area (Å²) in [6.07, 6.45) is 0. The van der Waals surface area contributed by atoms with E-state index < -0.39 is 54.0 Å². The highest BCUT2D eigenvalue weighted by Gasteiger charge is 2.22. The van der Waals surface area contributed by atoms with Crippen LogP contribution < -0.4 is 22.1 Å². The zero-order valence-corrected chi connectivity index (χ0v) is 38.6. The molecule has 6 rings (SSSR count). The van der Waals surface area contributed by atoms with Gasteiger partial charge in [-0.15, -0.1) is 0 Å². The average Bonchev–Trinajstić information content (AvgIpc) is 3.90. The molecule has 0 aliphatic heterocycles. The number of hydrogen-bond acceptors (Lipinski definition) is 11. The Labute approximate surface area is 378 Å². The molecule has 0 unspecified atom stereocenters. The summed E-state index contributed by atoms with van der Waals surface area (Å²) >= 11 is 0. The summed E-state index contributed by atoms with van der Waals surface area (Å²) in [4.78, 5) is 71.0. The third kappa shape index (κ3) is 14.1. The van der Waals surface area contributed by atoms with Crippen molar-refractivity contribution in [3.05, 3.63) is 140 Å². The second-order valence-electron chi connectivity index (χ2n) is 16.9. The molecule has 16 heteroatoms. The van der Waals surface area contributed by atoms with Gasteiger partial charge in [-0.05, 0) is 165 Å². The first-order chi connectivity index (χ1) is 30.7. The van der Waals surface area contributed by atoms with Crippen molar-refractivity contribution in [2.75, 3.05) is 7.15 Å². The van der Waals surface area contributed by atoms with Crippen LogP contribution in [0.15, 0.2) is 81.6 Å². The minimum Gasteiger partial charge on any atom is -0.478 e. The van der Waals surface area contributed by atoms with Gasteiger partial charge in [-0.2, -0.15) is 0 Å². The molecule has 0 saturated carbocycles. The van der Waals surface area contributed by atoms with E-state index in [2.05, 4.69) is 10.9 Å². The van der Waals surface area contributed by atoms with Crippen LogP contribution in [-0.4, -0.2) is 59.1 Å². The number of aromatic carboxylic acids is 1. The third-order valence-electron chi connectivity index (χ3n) is 9.26. The van der Waals surface area contributed by atoms with Gasteiger partial charge in [0, 0.05) is 16.3 Å². The maximum absolute atomic E-state index is 12.5. The number of hydrogen-bond donors (Lipinski definition) is 5. The number of hydrazine groups is 2. The predicted molar refractivity (Wildman–Crippen MR) is 245 cm³/mol. The van der Waals surface area contributed by atoms with E-state index in [0.717, 1.165) is 38.6 Å². The highest BCUT2D eigenvalue weighted by molar-refractivity contribution is 6.02. The molecule has 65 heavy (non-hydrogen) atoms. The van der Waals surface area contributed by atoms with Crippen molar-refractivity contribution in [1.82, 2.24) is 16.3 Å². The fourth-order valence-electron chi connectivity index (χ4n) is 6.07. The first-order valence-corrected chi connectivity index (χ1v) is 20.1. The van der Waals surface area contributed by atoms with Crippen LogP contribution in [0.5, 0.6) is 0 Å². The molecule has 0 aliphatic carbocycles. The Morgan fingerprint density at radius 2 is 0.938 bits per heavy atom. The number of nitrogens with two attached hydrogens (primary N) is 1. The van der Waals surface area contributed by atoms with Crippen LogP contribution in [0, 0.1) is 41.5 Å². The smallest absolute Gasteiger partial charge is 0.338 e. The van der Waals surface area contributed by atoms with Crippen molar-refractivity contribution in [1.29, 1.82) is 0 Å². The number of furan rings is 2. The largest absolute Gasteiger partial charge is 0.478 e. The van der Waals surface area contributed by atoms with E-state index in [1.165, 1.54) is 30.3 Å². The molecule has 6 N–H and O–H groups in total. The number of fused-ring (bicyclic) bond motifs is 2. The molecule has 2 aromatic heterocycles. The summed E-state index contributed by atoms with van der Waals surface area (Å²) in [5.41, 5.74) is 13.4. The number of nitrogen functional groups attached to an aromatic ring is 1. The molecular weight excluding hydrogens is 840 g/mol. The first kappa shape index (κ1) is 50.3. The van der Waals surface area contributed by atoms with Gasteiger partial charge in [0.05, 0.1) is 25.2 Å². The summed E-state index contributed by atoms with van der Waals surface area (Å²) < 4.78 is 37.1. The standard InChI is InChI=1S/C24H26N2O5.C13H16O4.C11H12N2O2.CH3F/c1-13-7-8-14(2)20-18(13)12-19(30-20)22(28)26-25-21(27)17-10-9-16(11-15(17)3)23(29)31-24(4,5)6;1-8-7-9(5-6-10(8)11(14)15)12(16)17-13(2,3)4;1-6-3-4-7(2)10-8(6)5-9(15-10)11(14)13-12;1-2/h7-12H,1-6H3,(H,25,27)(H,26,28);5-7H,1-4H3,(H,14,15);3-5H,12H2,1-2H3,(H,13,14);1H3/i;;;1D. The van der Waals surface area contributed by atoms with E-state index in [9.17, 15) is 33.2 Å². The van der Waals surface area contributed by atoms with Crippen LogP contribution in [0.2, 0.25) is 0 Å². The lowest BCUT2D eigenvalue weighted by Gasteiger charge is -2.19. The fraction of sp³-hybridized carbons (Fsp3) is 0.306. The molecule has 6 aromatic rings. The number of rotatable bonds is 6. The van der Waals surface area contributed by atoms with Crippen LogP contribution in [-0.2, 0) is 9.47 Å². The van der Waals surface area contributed by atoms with Gasteiger partial charge in [-0.25, -0.2) is 20.2 Å². The number of alkyl halides is 1. The van der Waals surface area contributed by atoms with Crippen LogP contribution >= 0.6 is 0 Å². The van der Waals surface area contributed by atoms with Crippen molar-refractivity contribution in [2.24, 2.45) is 5.84 Å². The fourth-order valence-corrected chi connectivity index (χ4v) is 6.07. The number of nitrogens with one attached hydrogen (secondary N) is 3. The van der Waals surface area contributed by atoms with Crippen LogP contribution in [0.1, 0.15) is 139 Å². The molecule has 0 aliphatic rings. The second-order valence-corrected chi connectivity index (χ2v) is 16.9. The Morgan fingerprint density at radius 1 is 0.569 bits per heavy atom. The Bertz CT molecular complexity index is 2680. The number of ether oxygens (including phenoxy) is 2. The van der Waals surface area contributed by atoms with Gasteiger partial charge in [0.15, 0.2) is 11.5 Å². The van der Waals surface area contributed by atoms with Gasteiger partial charge in [-0.3, -0.25) is 35.1 Å². The number of esters is 2. The number of carbonyl (C=O) groups is 6. The second kappa shape index (κ2) is 21.8. The predicted octanol–water partition coefficient (Wildman–Crippen LogP) is 9.28. The van der Waals surface area contributed by atoms with Crippen molar-refractivity contribution in [2.45, 2.75) is 94.3 Å². The zero-order chi connectivity index (χ0) is 49.8. The van der Waals surface area contributed by atoms with Gasteiger partial charge in [0.25, 0.3) is 5.91 Å². The Kier molecular flexibility index (Phi) is 16.9. The van der Waals surface area contributed by atoms with Crippen molar-refractivity contribution < 1.29 is 57.9 Å². The number of carbonyl (C=O) groups excluding carboxylic acids is 5. The van der Waals surface area contributed by atoms with E-state index in [1.807, 2.05) is 57.4 Å². The van der Waals surface area contributed by atoms with E-state index in [1.54, 1.807) is 73.6 Å². The average molecular weight is 898 g/mol. The number of carboxylic acids is 1. The topological polar surface area (TPSA) is 230 Å². The molecular formula is C49H57FN4O11. The van der Waals surface area contributed by atoms with Crippen molar-refractivity contribution in [3.63, 3.8) is 0 Å². The molecule has 15 nitrogen and oxygen atoms in total. The number of benzene rings is 4. The quantitative estimate of drug-likeness (QED) is 0.0456. The molecule has 0 saturated heterocycles. The first-order valence-electron chi connectivity index (χ1n) is 20.8. The van der Waals surface area contributed by atoms with Gasteiger partial charge >= 0.3 is 29.7 Å². The monoisotopic (exact) mass is 897 g/mol. The SMILES string of the molecule is Cc1cc(C(=O)OC(C)(C)C)ccc1C(=O)NNC(=O)c1cc2c(C)ccc(C)c2o1.Cc1cc(C(=O)OC(C)(C)C)ccc1C(=O)O.Cc1ccc(C)c2oc(C(=O)NN)cc12.[2H]CF. The molecule has 0 fully saturated rings. The molecule has 0 radical (unpaired) electrons. The molecule has 0 atom stereocenters. The maximum Gasteiger partial charge on any atom is 0.338 e. The molecule has 2 heterocycles. The summed E-state index contributed by atoms with van der Waals surface area (Å²) in [6.45, 7) is 21.8. The Balaban J connectivity index is 0.000000278. The van der Waals surface area contributed by atoms with Gasteiger partial charge in [0.2, 0.25) is 0 Å². The van der Waals surface area contributed by atoms with E-state index in [-0.39, 0.29) is 17.1 Å². The number of amides is 3. The summed E-state index contributed by atoms with van der Waals surface area (Å²) in [7, 11) is -1.00. The molecule has 0 bridgehead atoms. The van der Waals surface area contributed by atoms with E-state index in [0.29, 0.717) is 33.4 Å². The van der Waals surface area contributed by atoms with Crippen LogP contribution in [0.3, 0.4) is 0 Å². The van der Waals surface area contributed by atoms with Crippen molar-refractivity contribution in [3.8, 4) is 0 Å². The van der Waals surface area contributed by atoms with Crippen LogP contribution in [0.25, 0.3) is 21.9 Å². The van der Waals surface area contributed by atoms with Crippen LogP contribution in [0.4, 0.5) is 4.39 Å². The highest BCUT2D eigenvalue weighted by atomic mass is 19.1. The summed E-state index contributed by atoms with van der Waals surface area (Å²) in [6, 6.07) is 20.2. The highest BCUT2D eigenvalue weighted by Crippen LogP contribution is 2.27. The zero-order valence-electron chi connectivity index (χ0n) is 39.6. The van der Waals surface area contributed by atoms with E-state index >= 15 is 0 Å². The van der Waals surface area contributed by atoms with Gasteiger partial charge in [-0.1, -0.05) is 24.3 Å². The van der Waals surface area contributed by atoms with Crippen molar-refractivity contribution >= 4 is 57.6 Å². The number of aryl methyl sites for hydroxylation is 6. The summed E-state index contributed by atoms with van der Waals surface area (Å²) in [5, 5.41) is 10.7. The van der Waals surface area contributed by atoms with Gasteiger partial charge in [0.1, 0.15) is 22.4 Å². The lowest BCUT2D eigenvalue weighted by Crippen LogP contribution is -2.41. The molecule has 4 aromatic carbocycles. The van der Waals surface area contributed by atoms with E-state index in [4.69, 9.17) is 30.6 Å². The normalized spacial score (nSPS) is 11.0. The number of halogens is 1. The Hall–Kier alpha value is -7.33. The molecule has 346 valence electrons. The van der Waals surface area contributed by atoms with Gasteiger partial charge < -0.3 is 23.4 Å². The summed E-state index contributed by atoms with van der Waals surface area (Å²) in [5.74, 6) is 1.99. The Morgan fingerprint density at radius 3 is 1.29 bits per heavy atom. The lowest BCUT2D eigenvalue weighted by atomic mass is 10.0.